The lowest BCUT2D eigenvalue weighted by molar-refractivity contribution is 0.102. The first-order chi connectivity index (χ1) is 12.6. The van der Waals surface area contributed by atoms with Crippen LogP contribution in [0.4, 0.5) is 5.13 Å². The molecule has 3 heterocycles. The summed E-state index contributed by atoms with van der Waals surface area (Å²) in [6, 6.07) is 11.1. The SMILES string of the molecule is COc1ccc(-c2csc(NC(=O)c3ccc4nnc(C)n4c3)n2)cc1. The largest absolute Gasteiger partial charge is 0.497 e. The number of nitrogens with one attached hydrogen (secondary N) is 1. The molecule has 0 atom stereocenters. The number of nitrogens with zero attached hydrogens (tertiary/aromatic N) is 4. The lowest BCUT2D eigenvalue weighted by atomic mass is 10.2. The van der Waals surface area contributed by atoms with E-state index in [-0.39, 0.29) is 5.91 Å². The third-order valence-electron chi connectivity index (χ3n) is 3.95. The third-order valence-corrected chi connectivity index (χ3v) is 4.70. The Labute approximate surface area is 153 Å². The van der Waals surface area contributed by atoms with Gasteiger partial charge in [0.25, 0.3) is 5.91 Å². The molecule has 0 bridgehead atoms. The summed E-state index contributed by atoms with van der Waals surface area (Å²) in [4.78, 5) is 17.0. The molecule has 0 fully saturated rings. The van der Waals surface area contributed by atoms with E-state index in [1.165, 1.54) is 11.3 Å². The molecular weight excluding hydrogens is 350 g/mol. The molecule has 1 N–H and O–H groups in total. The molecule has 8 heteroatoms. The van der Waals surface area contributed by atoms with Gasteiger partial charge in [0.15, 0.2) is 10.8 Å². The van der Waals surface area contributed by atoms with E-state index in [9.17, 15) is 4.79 Å². The van der Waals surface area contributed by atoms with Crippen molar-refractivity contribution >= 4 is 28.0 Å². The normalized spacial score (nSPS) is 10.8. The second-order valence-corrected chi connectivity index (χ2v) is 6.47. The maximum absolute atomic E-state index is 12.5. The van der Waals surface area contributed by atoms with Crippen molar-refractivity contribution in [2.75, 3.05) is 12.4 Å². The van der Waals surface area contributed by atoms with Gasteiger partial charge in [-0.25, -0.2) is 4.98 Å². The molecule has 3 aromatic heterocycles. The van der Waals surface area contributed by atoms with Crippen LogP contribution in [0.5, 0.6) is 5.75 Å². The zero-order chi connectivity index (χ0) is 18.1. The molecule has 1 amide bonds. The minimum atomic E-state index is -0.226. The van der Waals surface area contributed by atoms with E-state index >= 15 is 0 Å². The van der Waals surface area contributed by atoms with Crippen LogP contribution in [0.2, 0.25) is 0 Å². The summed E-state index contributed by atoms with van der Waals surface area (Å²) in [5.74, 6) is 1.29. The minimum Gasteiger partial charge on any atom is -0.497 e. The number of rotatable bonds is 4. The maximum atomic E-state index is 12.5. The topological polar surface area (TPSA) is 81.4 Å². The number of pyridine rings is 1. The number of aromatic nitrogens is 4. The highest BCUT2D eigenvalue weighted by Crippen LogP contribution is 2.26. The number of carbonyl (C=O) groups excluding carboxylic acids is 1. The lowest BCUT2D eigenvalue weighted by Crippen LogP contribution is -2.12. The Morgan fingerprint density at radius 2 is 1.96 bits per heavy atom. The molecular formula is C18H15N5O2S. The van der Waals surface area contributed by atoms with Crippen LogP contribution in [0.1, 0.15) is 16.2 Å². The predicted octanol–water partition coefficient (Wildman–Crippen LogP) is 3.42. The highest BCUT2D eigenvalue weighted by Gasteiger charge is 2.12. The fourth-order valence-electron chi connectivity index (χ4n) is 2.53. The summed E-state index contributed by atoms with van der Waals surface area (Å²) in [6.07, 6.45) is 1.72. The number of aryl methyl sites for hydroxylation is 1. The third kappa shape index (κ3) is 3.02. The lowest BCUT2D eigenvalue weighted by Gasteiger charge is -2.03. The van der Waals surface area contributed by atoms with Crippen molar-refractivity contribution in [3.8, 4) is 17.0 Å². The fourth-order valence-corrected chi connectivity index (χ4v) is 3.25. The van der Waals surface area contributed by atoms with E-state index in [4.69, 9.17) is 4.74 Å². The molecule has 0 saturated carbocycles. The smallest absolute Gasteiger partial charge is 0.258 e. The number of amides is 1. The Kier molecular flexibility index (Phi) is 4.10. The van der Waals surface area contributed by atoms with Crippen molar-refractivity contribution in [1.29, 1.82) is 0 Å². The summed E-state index contributed by atoms with van der Waals surface area (Å²) in [5.41, 5.74) is 2.99. The van der Waals surface area contributed by atoms with Gasteiger partial charge in [-0.2, -0.15) is 0 Å². The van der Waals surface area contributed by atoms with Gasteiger partial charge in [0.1, 0.15) is 11.6 Å². The van der Waals surface area contributed by atoms with Crippen molar-refractivity contribution in [2.45, 2.75) is 6.92 Å². The number of hydrogen-bond donors (Lipinski definition) is 1. The molecule has 0 aliphatic heterocycles. The number of ether oxygens (including phenoxy) is 1. The Hall–Kier alpha value is -3.26. The molecule has 130 valence electrons. The first kappa shape index (κ1) is 16.2. The van der Waals surface area contributed by atoms with Crippen LogP contribution in [0, 0.1) is 6.92 Å². The Morgan fingerprint density at radius 1 is 1.15 bits per heavy atom. The zero-order valence-corrected chi connectivity index (χ0v) is 14.9. The zero-order valence-electron chi connectivity index (χ0n) is 14.1. The van der Waals surface area contributed by atoms with E-state index in [1.54, 1.807) is 29.8 Å². The number of methoxy groups -OCH3 is 1. The molecule has 4 rings (SSSR count). The summed E-state index contributed by atoms with van der Waals surface area (Å²) < 4.78 is 6.94. The van der Waals surface area contributed by atoms with Crippen molar-refractivity contribution in [3.63, 3.8) is 0 Å². The van der Waals surface area contributed by atoms with Crippen LogP contribution in [0.25, 0.3) is 16.9 Å². The molecule has 0 unspecified atom stereocenters. The quantitative estimate of drug-likeness (QED) is 0.599. The fraction of sp³-hybridized carbons (Fsp3) is 0.111. The van der Waals surface area contributed by atoms with E-state index in [1.807, 2.05) is 36.6 Å². The van der Waals surface area contributed by atoms with Gasteiger partial charge < -0.3 is 4.74 Å². The van der Waals surface area contributed by atoms with Gasteiger partial charge in [0, 0.05) is 17.1 Å². The number of thiazole rings is 1. The number of fused-ring (bicyclic) bond motifs is 1. The molecule has 1 aromatic carbocycles. The van der Waals surface area contributed by atoms with Crippen LogP contribution >= 0.6 is 11.3 Å². The number of hydrogen-bond acceptors (Lipinski definition) is 6. The first-order valence-electron chi connectivity index (χ1n) is 7.87. The average molecular weight is 365 g/mol. The standard InChI is InChI=1S/C18H15N5O2S/c1-11-21-22-16-8-5-13(9-23(11)16)17(24)20-18-19-15(10-26-18)12-3-6-14(25-2)7-4-12/h3-10H,1-2H3,(H,19,20,24). The Balaban J connectivity index is 1.53. The maximum Gasteiger partial charge on any atom is 0.258 e. The average Bonchev–Trinajstić information content (AvgIpc) is 3.28. The van der Waals surface area contributed by atoms with Crippen molar-refractivity contribution in [1.82, 2.24) is 19.6 Å². The van der Waals surface area contributed by atoms with Gasteiger partial charge in [-0.15, -0.1) is 21.5 Å². The molecule has 4 aromatic rings. The monoisotopic (exact) mass is 365 g/mol. The highest BCUT2D eigenvalue weighted by atomic mass is 32.1. The minimum absolute atomic E-state index is 0.226. The van der Waals surface area contributed by atoms with Crippen LogP contribution in [-0.4, -0.2) is 32.6 Å². The van der Waals surface area contributed by atoms with E-state index in [2.05, 4.69) is 20.5 Å². The summed E-state index contributed by atoms with van der Waals surface area (Å²) in [7, 11) is 1.63. The van der Waals surface area contributed by atoms with E-state index in [0.29, 0.717) is 16.3 Å². The van der Waals surface area contributed by atoms with Gasteiger partial charge in [0.05, 0.1) is 18.4 Å². The molecule has 26 heavy (non-hydrogen) atoms. The molecule has 0 aliphatic rings. The predicted molar refractivity (Wildman–Crippen MR) is 99.8 cm³/mol. The Morgan fingerprint density at radius 3 is 2.73 bits per heavy atom. The first-order valence-corrected chi connectivity index (χ1v) is 8.75. The number of anilines is 1. The van der Waals surface area contributed by atoms with Gasteiger partial charge >= 0.3 is 0 Å². The van der Waals surface area contributed by atoms with Crippen molar-refractivity contribution in [2.24, 2.45) is 0 Å². The summed E-state index contributed by atoms with van der Waals surface area (Å²) >= 11 is 1.38. The van der Waals surface area contributed by atoms with Gasteiger partial charge in [-0.3, -0.25) is 14.5 Å². The van der Waals surface area contributed by atoms with Gasteiger partial charge in [0.2, 0.25) is 0 Å². The van der Waals surface area contributed by atoms with E-state index in [0.717, 1.165) is 22.8 Å². The number of carbonyl (C=O) groups is 1. The molecule has 7 nitrogen and oxygen atoms in total. The van der Waals surface area contributed by atoms with Crippen LogP contribution < -0.4 is 10.1 Å². The molecule has 0 aliphatic carbocycles. The van der Waals surface area contributed by atoms with Crippen LogP contribution in [0.15, 0.2) is 48.0 Å². The summed E-state index contributed by atoms with van der Waals surface area (Å²) in [5, 5.41) is 13.3. The number of benzene rings is 1. The van der Waals surface area contributed by atoms with Gasteiger partial charge in [-0.1, -0.05) is 0 Å². The molecule has 0 saturated heterocycles. The van der Waals surface area contributed by atoms with E-state index < -0.39 is 0 Å². The van der Waals surface area contributed by atoms with Crippen molar-refractivity contribution < 1.29 is 9.53 Å². The molecule has 0 radical (unpaired) electrons. The second-order valence-electron chi connectivity index (χ2n) is 5.61. The Bertz CT molecular complexity index is 1080. The van der Waals surface area contributed by atoms with Crippen LogP contribution in [0.3, 0.4) is 0 Å². The summed E-state index contributed by atoms with van der Waals surface area (Å²) in [6.45, 7) is 1.84. The highest BCUT2D eigenvalue weighted by molar-refractivity contribution is 7.14. The molecule has 0 spiro atoms. The van der Waals surface area contributed by atoms with Crippen LogP contribution in [-0.2, 0) is 0 Å². The second kappa shape index (κ2) is 6.57. The van der Waals surface area contributed by atoms with Crippen molar-refractivity contribution in [3.05, 3.63) is 59.4 Å². The van der Waals surface area contributed by atoms with Gasteiger partial charge in [-0.05, 0) is 43.3 Å².